The number of nitrogens with one attached hydrogen (secondary N) is 1. The van der Waals surface area contributed by atoms with Gasteiger partial charge in [0.25, 0.3) is 0 Å². The first-order valence-corrected chi connectivity index (χ1v) is 6.07. The minimum absolute atomic E-state index is 0.344. The summed E-state index contributed by atoms with van der Waals surface area (Å²) in [5.41, 5.74) is 1.29. The van der Waals surface area contributed by atoms with Crippen LogP contribution >= 0.6 is 0 Å². The highest BCUT2D eigenvalue weighted by molar-refractivity contribution is 5.25. The van der Waals surface area contributed by atoms with E-state index in [0.717, 1.165) is 18.8 Å². The molecule has 1 unspecified atom stereocenters. The molecule has 0 saturated carbocycles. The average molecular weight is 221 g/mol. The lowest BCUT2D eigenvalue weighted by Crippen LogP contribution is -2.27. The largest absolute Gasteiger partial charge is 0.508 e. The van der Waals surface area contributed by atoms with Gasteiger partial charge in [0.1, 0.15) is 5.75 Å². The lowest BCUT2D eigenvalue weighted by molar-refractivity contribution is 0.421. The van der Waals surface area contributed by atoms with Crippen molar-refractivity contribution in [3.8, 4) is 5.75 Å². The lowest BCUT2D eigenvalue weighted by atomic mass is 9.97. The van der Waals surface area contributed by atoms with Crippen LogP contribution in [0.5, 0.6) is 5.75 Å². The van der Waals surface area contributed by atoms with Gasteiger partial charge >= 0.3 is 0 Å². The van der Waals surface area contributed by atoms with Crippen LogP contribution < -0.4 is 5.32 Å². The molecule has 1 aromatic carbocycles. The molecular formula is C14H23NO. The molecule has 0 fully saturated rings. The molecule has 0 aliphatic carbocycles. The van der Waals surface area contributed by atoms with Gasteiger partial charge < -0.3 is 10.4 Å². The van der Waals surface area contributed by atoms with Crippen LogP contribution in [-0.4, -0.2) is 18.2 Å². The van der Waals surface area contributed by atoms with Crippen LogP contribution in [0.15, 0.2) is 24.3 Å². The fourth-order valence-corrected chi connectivity index (χ4v) is 1.95. The van der Waals surface area contributed by atoms with Gasteiger partial charge in [-0.15, -0.1) is 0 Å². The Bertz CT molecular complexity index is 292. The van der Waals surface area contributed by atoms with Gasteiger partial charge in [-0.1, -0.05) is 26.0 Å². The second-order valence-electron chi connectivity index (χ2n) is 4.82. The predicted molar refractivity (Wildman–Crippen MR) is 68.7 cm³/mol. The summed E-state index contributed by atoms with van der Waals surface area (Å²) in [6.07, 6.45) is 3.44. The normalized spacial score (nSPS) is 13.0. The third-order valence-electron chi connectivity index (χ3n) is 2.88. The molecule has 2 nitrogen and oxygen atoms in total. The first-order chi connectivity index (χ1) is 7.61. The number of hydrogen-bond acceptors (Lipinski definition) is 2. The molecule has 1 rings (SSSR count). The molecule has 0 bridgehead atoms. The second-order valence-corrected chi connectivity index (χ2v) is 4.82. The van der Waals surface area contributed by atoms with Crippen LogP contribution in [0.2, 0.25) is 0 Å². The third-order valence-corrected chi connectivity index (χ3v) is 2.88. The maximum Gasteiger partial charge on any atom is 0.115 e. The lowest BCUT2D eigenvalue weighted by Gasteiger charge is -2.18. The van der Waals surface area contributed by atoms with Crippen molar-refractivity contribution in [3.63, 3.8) is 0 Å². The highest BCUT2D eigenvalue weighted by atomic mass is 16.3. The molecule has 1 aromatic rings. The van der Waals surface area contributed by atoms with Crippen molar-refractivity contribution in [1.29, 1.82) is 0 Å². The topological polar surface area (TPSA) is 32.3 Å². The summed E-state index contributed by atoms with van der Waals surface area (Å²) in [6.45, 7) is 4.51. The van der Waals surface area contributed by atoms with E-state index in [1.165, 1.54) is 12.0 Å². The number of benzene rings is 1. The van der Waals surface area contributed by atoms with Crippen LogP contribution in [-0.2, 0) is 6.42 Å². The molecule has 16 heavy (non-hydrogen) atoms. The van der Waals surface area contributed by atoms with Crippen LogP contribution in [0.4, 0.5) is 0 Å². The summed E-state index contributed by atoms with van der Waals surface area (Å²) < 4.78 is 0. The summed E-state index contributed by atoms with van der Waals surface area (Å²) in [5.74, 6) is 1.08. The quantitative estimate of drug-likeness (QED) is 0.774. The van der Waals surface area contributed by atoms with E-state index < -0.39 is 0 Å². The maximum absolute atomic E-state index is 9.19. The van der Waals surface area contributed by atoms with Gasteiger partial charge in [-0.2, -0.15) is 0 Å². The van der Waals surface area contributed by atoms with Crippen LogP contribution in [0, 0.1) is 5.92 Å². The van der Waals surface area contributed by atoms with Gasteiger partial charge in [0, 0.05) is 6.04 Å². The zero-order valence-electron chi connectivity index (χ0n) is 10.5. The van der Waals surface area contributed by atoms with E-state index in [0.29, 0.717) is 11.8 Å². The number of rotatable bonds is 6. The summed E-state index contributed by atoms with van der Waals surface area (Å²) in [4.78, 5) is 0. The number of aromatic hydroxyl groups is 1. The molecule has 0 aromatic heterocycles. The first-order valence-electron chi connectivity index (χ1n) is 6.07. The van der Waals surface area contributed by atoms with Crippen molar-refractivity contribution in [2.24, 2.45) is 5.92 Å². The van der Waals surface area contributed by atoms with E-state index in [4.69, 9.17) is 0 Å². The standard InChI is InChI=1S/C14H23NO/c1-11(2)10-13(15-3)7-4-12-5-8-14(16)9-6-12/h5-6,8-9,11,13,15-16H,4,7,10H2,1-3H3. The van der Waals surface area contributed by atoms with Crippen molar-refractivity contribution >= 4 is 0 Å². The molecule has 1 atom stereocenters. The predicted octanol–water partition coefficient (Wildman–Crippen LogP) is 2.96. The summed E-state index contributed by atoms with van der Waals surface area (Å²) in [6, 6.07) is 8.10. The molecule has 0 saturated heterocycles. The Morgan fingerprint density at radius 3 is 2.31 bits per heavy atom. The summed E-state index contributed by atoms with van der Waals surface area (Å²) >= 11 is 0. The van der Waals surface area contributed by atoms with Crippen LogP contribution in [0.25, 0.3) is 0 Å². The molecule has 2 heteroatoms. The Morgan fingerprint density at radius 2 is 1.81 bits per heavy atom. The van der Waals surface area contributed by atoms with Crippen molar-refractivity contribution in [2.45, 2.75) is 39.2 Å². The summed E-state index contributed by atoms with van der Waals surface area (Å²) in [7, 11) is 2.03. The van der Waals surface area contributed by atoms with Gasteiger partial charge in [-0.3, -0.25) is 0 Å². The van der Waals surface area contributed by atoms with E-state index in [2.05, 4.69) is 19.2 Å². The number of phenols is 1. The van der Waals surface area contributed by atoms with E-state index in [-0.39, 0.29) is 0 Å². The number of aryl methyl sites for hydroxylation is 1. The molecule has 0 heterocycles. The minimum atomic E-state index is 0.344. The maximum atomic E-state index is 9.19. The van der Waals surface area contributed by atoms with Gasteiger partial charge in [-0.25, -0.2) is 0 Å². The monoisotopic (exact) mass is 221 g/mol. The van der Waals surface area contributed by atoms with Crippen molar-refractivity contribution in [3.05, 3.63) is 29.8 Å². The molecular weight excluding hydrogens is 198 g/mol. The Balaban J connectivity index is 2.40. The fourth-order valence-electron chi connectivity index (χ4n) is 1.95. The zero-order chi connectivity index (χ0) is 12.0. The fraction of sp³-hybridized carbons (Fsp3) is 0.571. The van der Waals surface area contributed by atoms with E-state index in [1.54, 1.807) is 12.1 Å². The van der Waals surface area contributed by atoms with E-state index in [9.17, 15) is 5.11 Å². The Morgan fingerprint density at radius 1 is 1.19 bits per heavy atom. The minimum Gasteiger partial charge on any atom is -0.508 e. The zero-order valence-corrected chi connectivity index (χ0v) is 10.5. The summed E-state index contributed by atoms with van der Waals surface area (Å²) in [5, 5.41) is 12.6. The van der Waals surface area contributed by atoms with Crippen molar-refractivity contribution < 1.29 is 5.11 Å². The van der Waals surface area contributed by atoms with Gasteiger partial charge in [-0.05, 0) is 49.9 Å². The smallest absolute Gasteiger partial charge is 0.115 e. The van der Waals surface area contributed by atoms with Crippen molar-refractivity contribution in [2.75, 3.05) is 7.05 Å². The Kier molecular flexibility index (Phi) is 5.33. The molecule has 90 valence electrons. The van der Waals surface area contributed by atoms with Crippen molar-refractivity contribution in [1.82, 2.24) is 5.32 Å². The molecule has 0 amide bonds. The molecule has 0 aliphatic rings. The molecule has 0 radical (unpaired) electrons. The van der Waals surface area contributed by atoms with Crippen LogP contribution in [0.3, 0.4) is 0 Å². The molecule has 0 spiro atoms. The van der Waals surface area contributed by atoms with E-state index >= 15 is 0 Å². The highest BCUT2D eigenvalue weighted by Crippen LogP contribution is 2.14. The first kappa shape index (κ1) is 13.0. The van der Waals surface area contributed by atoms with Gasteiger partial charge in [0.05, 0.1) is 0 Å². The third kappa shape index (κ3) is 4.67. The van der Waals surface area contributed by atoms with Crippen LogP contribution in [0.1, 0.15) is 32.3 Å². The number of hydrogen-bond donors (Lipinski definition) is 2. The van der Waals surface area contributed by atoms with E-state index in [1.807, 2.05) is 19.2 Å². The second kappa shape index (κ2) is 6.54. The Labute approximate surface area is 98.7 Å². The molecule has 2 N–H and O–H groups in total. The molecule has 0 aliphatic heterocycles. The average Bonchev–Trinajstić information content (AvgIpc) is 2.26. The highest BCUT2D eigenvalue weighted by Gasteiger charge is 2.08. The number of phenolic OH excluding ortho intramolecular Hbond substituents is 1. The van der Waals surface area contributed by atoms with Gasteiger partial charge in [0.15, 0.2) is 0 Å². The Hall–Kier alpha value is -1.02. The van der Waals surface area contributed by atoms with Gasteiger partial charge in [0.2, 0.25) is 0 Å². The SMILES string of the molecule is CNC(CCc1ccc(O)cc1)CC(C)C.